The van der Waals surface area contributed by atoms with E-state index in [0.29, 0.717) is 19.5 Å². The van der Waals surface area contributed by atoms with Gasteiger partial charge >= 0.3 is 0 Å². The molecule has 0 aliphatic carbocycles. The largest absolute Gasteiger partial charge is 0.497 e. The Morgan fingerprint density at radius 3 is 2.62 bits per heavy atom. The average molecular weight is 566 g/mol. The lowest BCUT2D eigenvalue weighted by atomic mass is 10.0. The number of methoxy groups -OCH3 is 1. The third-order valence-electron chi connectivity index (χ3n) is 8.14. The first-order valence-electron chi connectivity index (χ1n) is 14.7. The second-order valence-corrected chi connectivity index (χ2v) is 11.0. The highest BCUT2D eigenvalue weighted by molar-refractivity contribution is 5.95. The summed E-state index contributed by atoms with van der Waals surface area (Å²) < 4.78 is 5.39. The van der Waals surface area contributed by atoms with E-state index < -0.39 is 0 Å². The lowest BCUT2D eigenvalue weighted by Crippen LogP contribution is -2.59. The summed E-state index contributed by atoms with van der Waals surface area (Å²) in [5.41, 5.74) is 8.08. The fourth-order valence-electron chi connectivity index (χ4n) is 5.84. The molecule has 5 N–H and O–H groups in total. The minimum atomic E-state index is -0.326. The zero-order valence-electron chi connectivity index (χ0n) is 24.0. The predicted molar refractivity (Wildman–Crippen MR) is 166 cm³/mol. The van der Waals surface area contributed by atoms with Crippen molar-refractivity contribution in [3.8, 4) is 5.75 Å². The smallest absolute Gasteiger partial charge is 0.239 e. The van der Waals surface area contributed by atoms with Crippen LogP contribution < -0.4 is 26.1 Å². The van der Waals surface area contributed by atoms with E-state index in [1.54, 1.807) is 7.11 Å². The Labute approximate surface area is 246 Å². The number of aromatic nitrogens is 1. The van der Waals surface area contributed by atoms with Crippen LogP contribution in [0.15, 0.2) is 90.2 Å². The number of benzene rings is 3. The molecule has 3 heterocycles. The number of hydrogen-bond acceptors (Lipinski definition) is 7. The van der Waals surface area contributed by atoms with E-state index in [9.17, 15) is 4.79 Å². The van der Waals surface area contributed by atoms with Crippen LogP contribution in [0.2, 0.25) is 0 Å². The molecule has 2 aliphatic rings. The number of amidine groups is 1. The molecule has 4 aromatic rings. The molecule has 42 heavy (non-hydrogen) atoms. The van der Waals surface area contributed by atoms with Crippen molar-refractivity contribution in [2.24, 2.45) is 5.10 Å². The van der Waals surface area contributed by atoms with Gasteiger partial charge in [-0.2, -0.15) is 5.10 Å². The number of nitrogens with one attached hydrogen (secondary N) is 5. The van der Waals surface area contributed by atoms with Gasteiger partial charge in [-0.3, -0.25) is 10.2 Å². The minimum Gasteiger partial charge on any atom is -0.497 e. The molecule has 1 amide bonds. The summed E-state index contributed by atoms with van der Waals surface area (Å²) in [5.74, 6) is 1.64. The van der Waals surface area contributed by atoms with E-state index in [0.717, 1.165) is 59.5 Å². The van der Waals surface area contributed by atoms with Gasteiger partial charge in [-0.15, -0.1) is 0 Å². The van der Waals surface area contributed by atoms with Gasteiger partial charge in [0.15, 0.2) is 0 Å². The van der Waals surface area contributed by atoms with Gasteiger partial charge in [-0.1, -0.05) is 60.7 Å². The summed E-state index contributed by atoms with van der Waals surface area (Å²) in [4.78, 5) is 19.3. The molecule has 9 heteroatoms. The van der Waals surface area contributed by atoms with Crippen LogP contribution in [0, 0.1) is 0 Å². The summed E-state index contributed by atoms with van der Waals surface area (Å²) in [7, 11) is 1.68. The molecule has 2 aliphatic heterocycles. The summed E-state index contributed by atoms with van der Waals surface area (Å²) >= 11 is 0. The number of para-hydroxylation sites is 1. The highest BCUT2D eigenvalue weighted by atomic mass is 16.5. The third kappa shape index (κ3) is 6.42. The number of fused-ring (bicyclic) bond motifs is 1. The molecule has 6 rings (SSSR count). The maximum atomic E-state index is 13.6. The van der Waals surface area contributed by atoms with Crippen LogP contribution in [-0.4, -0.2) is 66.6 Å². The van der Waals surface area contributed by atoms with Crippen LogP contribution in [-0.2, 0) is 24.2 Å². The number of nitrogens with zero attached hydrogens (tertiary/aromatic N) is 2. The topological polar surface area (TPSA) is 106 Å². The SMILES string of the molecule is COc1ccc(CN2C([C@@H](Cc3c[nH]c4ccccc34)NC(=O)C3CNCCN3)=NNC2CCc2ccccc2)cc1. The highest BCUT2D eigenvalue weighted by Gasteiger charge is 2.35. The third-order valence-corrected chi connectivity index (χ3v) is 8.14. The number of aromatic amines is 1. The Bertz CT molecular complexity index is 1500. The van der Waals surface area contributed by atoms with Gasteiger partial charge in [0.25, 0.3) is 0 Å². The number of carbonyl (C=O) groups excluding carboxylic acids is 1. The average Bonchev–Trinajstić information content (AvgIpc) is 3.64. The van der Waals surface area contributed by atoms with Crippen LogP contribution in [0.25, 0.3) is 10.9 Å². The van der Waals surface area contributed by atoms with Crippen LogP contribution in [0.3, 0.4) is 0 Å². The van der Waals surface area contributed by atoms with E-state index >= 15 is 0 Å². The zero-order valence-corrected chi connectivity index (χ0v) is 24.0. The molecule has 2 unspecified atom stereocenters. The number of amides is 1. The number of piperazine rings is 1. The summed E-state index contributed by atoms with van der Waals surface area (Å²) in [6.07, 6.45) is 4.43. The Morgan fingerprint density at radius 1 is 1.02 bits per heavy atom. The zero-order chi connectivity index (χ0) is 28.7. The van der Waals surface area contributed by atoms with Crippen molar-refractivity contribution in [2.45, 2.75) is 44.1 Å². The maximum absolute atomic E-state index is 13.6. The normalized spacial score (nSPS) is 19.3. The van der Waals surface area contributed by atoms with E-state index in [1.807, 2.05) is 30.5 Å². The van der Waals surface area contributed by atoms with Gasteiger partial charge in [-0.25, -0.2) is 0 Å². The number of H-pyrrole nitrogens is 1. The van der Waals surface area contributed by atoms with Gasteiger partial charge in [0.1, 0.15) is 17.8 Å². The molecule has 0 radical (unpaired) electrons. The molecule has 3 atom stereocenters. The van der Waals surface area contributed by atoms with Crippen molar-refractivity contribution in [2.75, 3.05) is 26.7 Å². The summed E-state index contributed by atoms with van der Waals surface area (Å²) in [6.45, 7) is 2.88. The first-order chi connectivity index (χ1) is 20.7. The van der Waals surface area contributed by atoms with E-state index in [2.05, 4.69) is 85.9 Å². The molecule has 0 saturated carbocycles. The highest BCUT2D eigenvalue weighted by Crippen LogP contribution is 2.24. The van der Waals surface area contributed by atoms with Gasteiger partial charge < -0.3 is 30.6 Å². The van der Waals surface area contributed by atoms with Gasteiger partial charge in [0.05, 0.1) is 19.2 Å². The molecule has 9 nitrogen and oxygen atoms in total. The molecular weight excluding hydrogens is 526 g/mol. The molecule has 3 aromatic carbocycles. The summed E-state index contributed by atoms with van der Waals surface area (Å²) in [6, 6.07) is 26.4. The van der Waals surface area contributed by atoms with Crippen molar-refractivity contribution >= 4 is 22.6 Å². The van der Waals surface area contributed by atoms with Crippen molar-refractivity contribution in [3.05, 3.63) is 102 Å². The van der Waals surface area contributed by atoms with Gasteiger partial charge in [0, 0.05) is 49.7 Å². The first-order valence-corrected chi connectivity index (χ1v) is 14.7. The standard InChI is InChI=1S/C33H39N7O2/c1-42-26-14-11-24(12-15-26)22-40-31(16-13-23-7-3-2-4-8-23)38-39-32(40)29(37-33(41)30-21-34-17-18-35-30)19-25-20-36-28-10-6-5-9-27(25)28/h2-12,14-15,20,29-31,34-36,38H,13,16-19,21-22H2,1H3,(H,37,41)/t29-,30?,31?/m1/s1. The molecule has 0 spiro atoms. The van der Waals surface area contributed by atoms with Crippen molar-refractivity contribution < 1.29 is 9.53 Å². The van der Waals surface area contributed by atoms with E-state index in [1.165, 1.54) is 5.56 Å². The molecule has 0 bridgehead atoms. The number of ether oxygens (including phenoxy) is 1. The fourth-order valence-corrected chi connectivity index (χ4v) is 5.84. The lowest BCUT2D eigenvalue weighted by molar-refractivity contribution is -0.123. The number of aryl methyl sites for hydroxylation is 1. The quantitative estimate of drug-likeness (QED) is 0.191. The predicted octanol–water partition coefficient (Wildman–Crippen LogP) is 3.14. The van der Waals surface area contributed by atoms with Gasteiger partial charge in [0.2, 0.25) is 5.91 Å². The lowest BCUT2D eigenvalue weighted by Gasteiger charge is -2.32. The first kappa shape index (κ1) is 27.8. The maximum Gasteiger partial charge on any atom is 0.239 e. The van der Waals surface area contributed by atoms with Crippen LogP contribution >= 0.6 is 0 Å². The molecule has 1 aromatic heterocycles. The fraction of sp³-hybridized carbons (Fsp3) is 0.333. The number of hydrogen-bond donors (Lipinski definition) is 5. The Morgan fingerprint density at radius 2 is 1.83 bits per heavy atom. The molecular formula is C33H39N7O2. The van der Waals surface area contributed by atoms with Crippen LogP contribution in [0.1, 0.15) is 23.1 Å². The monoisotopic (exact) mass is 565 g/mol. The Hall–Kier alpha value is -4.34. The summed E-state index contributed by atoms with van der Waals surface area (Å²) in [5, 5.41) is 16.1. The number of rotatable bonds is 11. The van der Waals surface area contributed by atoms with Crippen molar-refractivity contribution in [1.82, 2.24) is 31.3 Å². The molecule has 1 saturated heterocycles. The van der Waals surface area contributed by atoms with E-state index in [-0.39, 0.29) is 24.2 Å². The second-order valence-electron chi connectivity index (χ2n) is 11.0. The number of carbonyl (C=O) groups is 1. The van der Waals surface area contributed by atoms with Crippen molar-refractivity contribution in [3.63, 3.8) is 0 Å². The van der Waals surface area contributed by atoms with Crippen LogP contribution in [0.5, 0.6) is 5.75 Å². The Balaban J connectivity index is 1.29. The van der Waals surface area contributed by atoms with Crippen molar-refractivity contribution in [1.29, 1.82) is 0 Å². The van der Waals surface area contributed by atoms with E-state index in [4.69, 9.17) is 9.84 Å². The minimum absolute atomic E-state index is 0.0147. The molecule has 1 fully saturated rings. The van der Waals surface area contributed by atoms with Gasteiger partial charge in [-0.05, 0) is 47.7 Å². The van der Waals surface area contributed by atoms with Crippen LogP contribution in [0.4, 0.5) is 0 Å². The number of hydrazone groups is 1. The second kappa shape index (κ2) is 13.1. The molecule has 218 valence electrons. The Kier molecular flexibility index (Phi) is 8.67.